The molecule has 0 aliphatic heterocycles. The van der Waals surface area contributed by atoms with Gasteiger partial charge in [-0.15, -0.1) is 0 Å². The summed E-state index contributed by atoms with van der Waals surface area (Å²) < 4.78 is 42.3. The molecule has 31 heavy (non-hydrogen) atoms. The maximum Gasteiger partial charge on any atom is 0.258 e. The van der Waals surface area contributed by atoms with Gasteiger partial charge in [0.2, 0.25) is 5.91 Å². The standard InChI is InChI=1S/C22H15F3N4O2/c23-11-19-28-17-10-12(21(26)30)4-9-18(17)29(19)14-7-5-13(6-8-14)27-22(31)15-2-1-3-16(24)20(15)25/h1-10H,11H2,(H2,26,30)(H,27,31). The van der Waals surface area contributed by atoms with Gasteiger partial charge in [-0.3, -0.25) is 14.2 Å². The molecule has 0 aliphatic carbocycles. The van der Waals surface area contributed by atoms with Crippen molar-refractivity contribution >= 4 is 28.5 Å². The van der Waals surface area contributed by atoms with Crippen LogP contribution in [0.4, 0.5) is 18.9 Å². The highest BCUT2D eigenvalue weighted by molar-refractivity contribution is 6.04. The van der Waals surface area contributed by atoms with E-state index >= 15 is 0 Å². The Morgan fingerprint density at radius 1 is 1.03 bits per heavy atom. The number of nitrogens with one attached hydrogen (secondary N) is 1. The minimum atomic E-state index is -1.23. The monoisotopic (exact) mass is 424 g/mol. The number of imidazole rings is 1. The van der Waals surface area contributed by atoms with E-state index in [0.717, 1.165) is 6.07 Å². The Kier molecular flexibility index (Phi) is 5.16. The summed E-state index contributed by atoms with van der Waals surface area (Å²) >= 11 is 0. The van der Waals surface area contributed by atoms with Gasteiger partial charge in [0.15, 0.2) is 11.6 Å². The van der Waals surface area contributed by atoms with Gasteiger partial charge in [-0.2, -0.15) is 0 Å². The molecular weight excluding hydrogens is 409 g/mol. The van der Waals surface area contributed by atoms with Crippen LogP contribution in [0, 0.1) is 11.6 Å². The second-order valence-electron chi connectivity index (χ2n) is 6.67. The largest absolute Gasteiger partial charge is 0.366 e. The fraction of sp³-hybridized carbons (Fsp3) is 0.0455. The van der Waals surface area contributed by atoms with Gasteiger partial charge < -0.3 is 11.1 Å². The fourth-order valence-electron chi connectivity index (χ4n) is 3.23. The van der Waals surface area contributed by atoms with E-state index in [-0.39, 0.29) is 11.4 Å². The first-order valence-corrected chi connectivity index (χ1v) is 9.12. The SMILES string of the molecule is NC(=O)c1ccc2c(c1)nc(CF)n2-c1ccc(NC(=O)c2cccc(F)c2F)cc1. The summed E-state index contributed by atoms with van der Waals surface area (Å²) in [5.74, 6) is -3.65. The average Bonchev–Trinajstić information content (AvgIpc) is 3.14. The van der Waals surface area contributed by atoms with Gasteiger partial charge in [-0.05, 0) is 54.6 Å². The molecule has 3 aromatic carbocycles. The molecule has 0 saturated heterocycles. The Hall–Kier alpha value is -4.14. The molecule has 0 bridgehead atoms. The summed E-state index contributed by atoms with van der Waals surface area (Å²) in [6, 6.07) is 14.2. The van der Waals surface area contributed by atoms with Gasteiger partial charge in [-0.1, -0.05) is 6.07 Å². The maximum atomic E-state index is 13.8. The van der Waals surface area contributed by atoms with Gasteiger partial charge in [0.25, 0.3) is 5.91 Å². The number of carbonyl (C=O) groups is 2. The van der Waals surface area contributed by atoms with E-state index in [1.165, 1.54) is 36.4 Å². The van der Waals surface area contributed by atoms with Gasteiger partial charge in [0.1, 0.15) is 12.5 Å². The van der Waals surface area contributed by atoms with Crippen LogP contribution in [-0.4, -0.2) is 21.4 Å². The number of halogens is 3. The normalized spacial score (nSPS) is 10.9. The highest BCUT2D eigenvalue weighted by atomic mass is 19.2. The van der Waals surface area contributed by atoms with Crippen LogP contribution in [-0.2, 0) is 6.67 Å². The van der Waals surface area contributed by atoms with Crippen molar-refractivity contribution in [3.63, 3.8) is 0 Å². The van der Waals surface area contributed by atoms with Crippen LogP contribution >= 0.6 is 0 Å². The first-order valence-electron chi connectivity index (χ1n) is 9.12. The number of aromatic nitrogens is 2. The molecule has 0 spiro atoms. The van der Waals surface area contributed by atoms with Crippen LogP contribution < -0.4 is 11.1 Å². The lowest BCUT2D eigenvalue weighted by molar-refractivity contribution is 0.0997. The van der Waals surface area contributed by atoms with Crippen molar-refractivity contribution in [2.75, 3.05) is 5.32 Å². The molecule has 2 amide bonds. The van der Waals surface area contributed by atoms with Crippen molar-refractivity contribution in [3.8, 4) is 5.69 Å². The highest BCUT2D eigenvalue weighted by Crippen LogP contribution is 2.25. The molecule has 156 valence electrons. The van der Waals surface area contributed by atoms with Crippen molar-refractivity contribution < 1.29 is 22.8 Å². The topological polar surface area (TPSA) is 90.0 Å². The molecule has 0 atom stereocenters. The van der Waals surface area contributed by atoms with Crippen LogP contribution in [0.5, 0.6) is 0 Å². The molecule has 0 saturated carbocycles. The molecule has 6 nitrogen and oxygen atoms in total. The Labute approximate surface area is 174 Å². The van der Waals surface area contributed by atoms with Crippen LogP contribution in [0.15, 0.2) is 60.7 Å². The van der Waals surface area contributed by atoms with Crippen molar-refractivity contribution in [1.29, 1.82) is 0 Å². The van der Waals surface area contributed by atoms with Gasteiger partial charge in [0.05, 0.1) is 16.6 Å². The quantitative estimate of drug-likeness (QED) is 0.505. The maximum absolute atomic E-state index is 13.8. The molecule has 0 aliphatic rings. The lowest BCUT2D eigenvalue weighted by atomic mass is 10.1. The number of nitrogens with zero attached hydrogens (tertiary/aromatic N) is 2. The van der Waals surface area contributed by atoms with E-state index in [1.54, 1.807) is 22.8 Å². The lowest BCUT2D eigenvalue weighted by Gasteiger charge is -2.10. The third kappa shape index (κ3) is 3.73. The number of fused-ring (bicyclic) bond motifs is 1. The van der Waals surface area contributed by atoms with Crippen LogP contribution in [0.2, 0.25) is 0 Å². The van der Waals surface area contributed by atoms with Crippen molar-refractivity contribution in [2.45, 2.75) is 6.67 Å². The van der Waals surface area contributed by atoms with E-state index < -0.39 is 35.7 Å². The molecule has 3 N–H and O–H groups in total. The van der Waals surface area contributed by atoms with E-state index in [2.05, 4.69) is 10.3 Å². The summed E-state index contributed by atoms with van der Waals surface area (Å²) in [7, 11) is 0. The minimum Gasteiger partial charge on any atom is -0.366 e. The molecule has 0 radical (unpaired) electrons. The van der Waals surface area contributed by atoms with Gasteiger partial charge in [-0.25, -0.2) is 18.2 Å². The van der Waals surface area contributed by atoms with Gasteiger partial charge in [0, 0.05) is 16.9 Å². The number of hydrogen-bond donors (Lipinski definition) is 2. The molecular formula is C22H15F3N4O2. The number of nitrogens with two attached hydrogens (primary N) is 1. The summed E-state index contributed by atoms with van der Waals surface area (Å²) in [6.45, 7) is -0.849. The summed E-state index contributed by atoms with van der Waals surface area (Å²) in [5.41, 5.74) is 6.97. The zero-order valence-electron chi connectivity index (χ0n) is 15.9. The number of hydrogen-bond acceptors (Lipinski definition) is 3. The van der Waals surface area contributed by atoms with E-state index in [9.17, 15) is 22.8 Å². The summed E-state index contributed by atoms with van der Waals surface area (Å²) in [5, 5.41) is 2.49. The predicted molar refractivity (Wildman–Crippen MR) is 109 cm³/mol. The van der Waals surface area contributed by atoms with Crippen molar-refractivity contribution in [1.82, 2.24) is 9.55 Å². The first kappa shape index (κ1) is 20.1. The summed E-state index contributed by atoms with van der Waals surface area (Å²) in [4.78, 5) is 27.8. The van der Waals surface area contributed by atoms with E-state index in [1.807, 2.05) is 0 Å². The fourth-order valence-corrected chi connectivity index (χ4v) is 3.23. The second kappa shape index (κ2) is 7.94. The molecule has 0 unspecified atom stereocenters. The number of benzene rings is 3. The Bertz CT molecular complexity index is 1320. The Morgan fingerprint density at radius 3 is 2.45 bits per heavy atom. The lowest BCUT2D eigenvalue weighted by Crippen LogP contribution is -2.14. The first-order chi connectivity index (χ1) is 14.9. The summed E-state index contributed by atoms with van der Waals surface area (Å²) in [6.07, 6.45) is 0. The molecule has 1 heterocycles. The predicted octanol–water partition coefficient (Wildman–Crippen LogP) is 4.12. The Balaban J connectivity index is 1.65. The third-order valence-corrected chi connectivity index (χ3v) is 4.71. The number of rotatable bonds is 5. The number of amides is 2. The third-order valence-electron chi connectivity index (χ3n) is 4.71. The van der Waals surface area contributed by atoms with E-state index in [4.69, 9.17) is 5.73 Å². The second-order valence-corrected chi connectivity index (χ2v) is 6.67. The van der Waals surface area contributed by atoms with E-state index in [0.29, 0.717) is 22.4 Å². The van der Waals surface area contributed by atoms with Gasteiger partial charge >= 0.3 is 0 Å². The van der Waals surface area contributed by atoms with Crippen LogP contribution in [0.1, 0.15) is 26.5 Å². The Morgan fingerprint density at radius 2 is 1.77 bits per heavy atom. The van der Waals surface area contributed by atoms with Crippen LogP contribution in [0.3, 0.4) is 0 Å². The average molecular weight is 424 g/mol. The van der Waals surface area contributed by atoms with Crippen molar-refractivity contribution in [3.05, 3.63) is 89.2 Å². The molecule has 9 heteroatoms. The number of anilines is 1. The van der Waals surface area contributed by atoms with Crippen molar-refractivity contribution in [2.24, 2.45) is 5.73 Å². The number of alkyl halides is 1. The van der Waals surface area contributed by atoms with Crippen LogP contribution in [0.25, 0.3) is 16.7 Å². The molecule has 0 fully saturated rings. The number of carbonyl (C=O) groups excluding carboxylic acids is 2. The highest BCUT2D eigenvalue weighted by Gasteiger charge is 2.16. The smallest absolute Gasteiger partial charge is 0.258 e. The molecule has 4 rings (SSSR count). The molecule has 1 aromatic heterocycles. The zero-order valence-corrected chi connectivity index (χ0v) is 15.9. The minimum absolute atomic E-state index is 0.121. The molecule has 4 aromatic rings. The zero-order chi connectivity index (χ0) is 22.1. The number of primary amides is 1.